The molecular weight excluding hydrogens is 466 g/mol. The standard InChI is InChI=1S/C21H21N5O5S2/c1-14-3-7-16(8-4-14)18-11-22-25-21(18)32(27,28)12-19-23-24-20(31-19)13-33(29,30)26-17-9-5-15(2)6-10-17/h3-11,26H,12-13H2,1-2H3,(H,22,25). The van der Waals surface area contributed by atoms with Crippen molar-refractivity contribution >= 4 is 25.5 Å². The fourth-order valence-corrected chi connectivity index (χ4v) is 5.38. The summed E-state index contributed by atoms with van der Waals surface area (Å²) in [5, 5.41) is 13.7. The number of hydrogen-bond acceptors (Lipinski definition) is 8. The molecule has 0 amide bonds. The van der Waals surface area contributed by atoms with Crippen LogP contribution in [-0.4, -0.2) is 37.2 Å². The molecule has 0 spiro atoms. The maximum Gasteiger partial charge on any atom is 0.241 e. The molecule has 2 aromatic carbocycles. The molecule has 0 saturated heterocycles. The monoisotopic (exact) mass is 487 g/mol. The number of nitrogens with one attached hydrogen (secondary N) is 2. The van der Waals surface area contributed by atoms with Gasteiger partial charge in [-0.3, -0.25) is 9.82 Å². The Morgan fingerprint density at radius 1 is 0.848 bits per heavy atom. The summed E-state index contributed by atoms with van der Waals surface area (Å²) in [6.45, 7) is 3.82. The third-order valence-corrected chi connectivity index (χ3v) is 7.47. The molecule has 4 aromatic rings. The summed E-state index contributed by atoms with van der Waals surface area (Å²) in [5.74, 6) is -1.64. The molecule has 0 radical (unpaired) electrons. The lowest BCUT2D eigenvalue weighted by Gasteiger charge is -2.06. The minimum Gasteiger partial charge on any atom is -0.423 e. The summed E-state index contributed by atoms with van der Waals surface area (Å²) < 4.78 is 58.4. The Hall–Kier alpha value is -3.51. The first-order valence-corrected chi connectivity index (χ1v) is 13.1. The Balaban J connectivity index is 1.49. The lowest BCUT2D eigenvalue weighted by atomic mass is 10.1. The Labute approximate surface area is 191 Å². The van der Waals surface area contributed by atoms with E-state index in [0.717, 1.165) is 11.1 Å². The van der Waals surface area contributed by atoms with Crippen LogP contribution in [0.3, 0.4) is 0 Å². The van der Waals surface area contributed by atoms with Crippen molar-refractivity contribution in [2.24, 2.45) is 0 Å². The van der Waals surface area contributed by atoms with Gasteiger partial charge in [-0.25, -0.2) is 16.8 Å². The number of rotatable bonds is 8. The second-order valence-corrected chi connectivity index (χ2v) is 11.2. The zero-order chi connectivity index (χ0) is 23.6. The van der Waals surface area contributed by atoms with Crippen LogP contribution < -0.4 is 4.72 Å². The molecule has 4 rings (SSSR count). The number of aromatic nitrogens is 4. The van der Waals surface area contributed by atoms with E-state index in [2.05, 4.69) is 25.1 Å². The molecule has 0 aliphatic heterocycles. The predicted molar refractivity (Wildman–Crippen MR) is 121 cm³/mol. The normalized spacial score (nSPS) is 12.1. The highest BCUT2D eigenvalue weighted by molar-refractivity contribution is 7.92. The SMILES string of the molecule is Cc1ccc(NS(=O)(=O)Cc2nnc(CS(=O)(=O)c3[nH]ncc3-c3ccc(C)cc3)o2)cc1. The van der Waals surface area contributed by atoms with E-state index >= 15 is 0 Å². The van der Waals surface area contributed by atoms with Gasteiger partial charge >= 0.3 is 0 Å². The van der Waals surface area contributed by atoms with Crippen molar-refractivity contribution in [3.05, 3.63) is 77.6 Å². The molecule has 0 fully saturated rings. The zero-order valence-corrected chi connectivity index (χ0v) is 19.4. The molecule has 172 valence electrons. The van der Waals surface area contributed by atoms with Crippen LogP contribution in [-0.2, 0) is 31.4 Å². The zero-order valence-electron chi connectivity index (χ0n) is 17.8. The number of aryl methyl sites for hydroxylation is 2. The molecule has 0 atom stereocenters. The van der Waals surface area contributed by atoms with Crippen molar-refractivity contribution in [1.82, 2.24) is 20.4 Å². The first kappa shape index (κ1) is 22.7. The van der Waals surface area contributed by atoms with Crippen LogP contribution in [0.5, 0.6) is 0 Å². The van der Waals surface area contributed by atoms with E-state index in [9.17, 15) is 16.8 Å². The van der Waals surface area contributed by atoms with Gasteiger partial charge in [-0.2, -0.15) is 5.10 Å². The van der Waals surface area contributed by atoms with Gasteiger partial charge in [-0.05, 0) is 31.5 Å². The van der Waals surface area contributed by atoms with Crippen LogP contribution >= 0.6 is 0 Å². The van der Waals surface area contributed by atoms with Crippen LogP contribution in [0.1, 0.15) is 22.9 Å². The smallest absolute Gasteiger partial charge is 0.241 e. The van der Waals surface area contributed by atoms with Crippen molar-refractivity contribution in [2.75, 3.05) is 4.72 Å². The Bertz CT molecular complexity index is 1470. The van der Waals surface area contributed by atoms with Crippen molar-refractivity contribution < 1.29 is 21.3 Å². The maximum absolute atomic E-state index is 13.0. The summed E-state index contributed by atoms with van der Waals surface area (Å²) in [4.78, 5) is 0. The van der Waals surface area contributed by atoms with Crippen molar-refractivity contribution in [3.63, 3.8) is 0 Å². The molecule has 0 unspecified atom stereocenters. The fraction of sp³-hybridized carbons (Fsp3) is 0.190. The summed E-state index contributed by atoms with van der Waals surface area (Å²) in [6, 6.07) is 14.2. The minimum absolute atomic E-state index is 0.0836. The number of sulfone groups is 1. The van der Waals surface area contributed by atoms with Gasteiger partial charge in [0.05, 0.1) is 6.20 Å². The van der Waals surface area contributed by atoms with E-state index in [1.54, 1.807) is 36.4 Å². The van der Waals surface area contributed by atoms with Crippen LogP contribution in [0.2, 0.25) is 0 Å². The molecule has 10 nitrogen and oxygen atoms in total. The lowest BCUT2D eigenvalue weighted by Crippen LogP contribution is -2.15. The number of nitrogens with zero attached hydrogens (tertiary/aromatic N) is 3. The van der Waals surface area contributed by atoms with Crippen LogP contribution in [0.4, 0.5) is 5.69 Å². The lowest BCUT2D eigenvalue weighted by molar-refractivity contribution is 0.472. The van der Waals surface area contributed by atoms with Crippen molar-refractivity contribution in [2.45, 2.75) is 30.4 Å². The first-order valence-electron chi connectivity index (χ1n) is 9.83. The van der Waals surface area contributed by atoms with Gasteiger partial charge in [0.25, 0.3) is 0 Å². The van der Waals surface area contributed by atoms with E-state index in [0.29, 0.717) is 16.8 Å². The van der Waals surface area contributed by atoms with Gasteiger partial charge in [0.15, 0.2) is 5.03 Å². The number of benzene rings is 2. The van der Waals surface area contributed by atoms with Crippen molar-refractivity contribution in [3.8, 4) is 11.1 Å². The van der Waals surface area contributed by atoms with Gasteiger partial charge in [-0.15, -0.1) is 10.2 Å². The highest BCUT2D eigenvalue weighted by Gasteiger charge is 2.26. The van der Waals surface area contributed by atoms with Crippen LogP contribution in [0, 0.1) is 13.8 Å². The fourth-order valence-electron chi connectivity index (χ4n) is 3.09. The van der Waals surface area contributed by atoms with Gasteiger partial charge < -0.3 is 4.42 Å². The van der Waals surface area contributed by atoms with E-state index in [1.807, 2.05) is 26.0 Å². The van der Waals surface area contributed by atoms with E-state index < -0.39 is 31.4 Å². The third kappa shape index (κ3) is 5.46. The molecule has 33 heavy (non-hydrogen) atoms. The number of anilines is 1. The average Bonchev–Trinajstić information content (AvgIpc) is 3.40. The van der Waals surface area contributed by atoms with E-state index in [-0.39, 0.29) is 16.8 Å². The van der Waals surface area contributed by atoms with Gasteiger partial charge in [0.2, 0.25) is 31.6 Å². The number of sulfonamides is 1. The average molecular weight is 488 g/mol. The molecule has 2 heterocycles. The molecule has 0 aliphatic rings. The second-order valence-electron chi connectivity index (χ2n) is 7.55. The molecule has 12 heteroatoms. The van der Waals surface area contributed by atoms with E-state index in [1.165, 1.54) is 6.20 Å². The van der Waals surface area contributed by atoms with Crippen LogP contribution in [0.25, 0.3) is 11.1 Å². The van der Waals surface area contributed by atoms with Crippen molar-refractivity contribution in [1.29, 1.82) is 0 Å². The summed E-state index contributed by atoms with van der Waals surface area (Å²) in [7, 11) is -7.75. The van der Waals surface area contributed by atoms with Gasteiger partial charge in [0, 0.05) is 11.3 Å². The topological polar surface area (TPSA) is 148 Å². The molecule has 0 saturated carbocycles. The minimum atomic E-state index is -3.92. The Morgan fingerprint density at radius 2 is 1.42 bits per heavy atom. The van der Waals surface area contributed by atoms with Gasteiger partial charge in [0.1, 0.15) is 11.5 Å². The Morgan fingerprint density at radius 3 is 2.06 bits per heavy atom. The number of aromatic amines is 1. The second kappa shape index (κ2) is 8.79. The highest BCUT2D eigenvalue weighted by atomic mass is 32.2. The summed E-state index contributed by atoms with van der Waals surface area (Å²) >= 11 is 0. The molecule has 2 aromatic heterocycles. The molecule has 0 aliphatic carbocycles. The molecular formula is C21H21N5O5S2. The maximum atomic E-state index is 13.0. The van der Waals surface area contributed by atoms with Gasteiger partial charge in [-0.1, -0.05) is 47.5 Å². The Kier molecular flexibility index (Phi) is 6.04. The number of H-pyrrole nitrogens is 1. The quantitative estimate of drug-likeness (QED) is 0.385. The highest BCUT2D eigenvalue weighted by Crippen LogP contribution is 2.28. The summed E-state index contributed by atoms with van der Waals surface area (Å²) in [6.07, 6.45) is 1.43. The molecule has 0 bridgehead atoms. The summed E-state index contributed by atoms with van der Waals surface area (Å²) in [5.41, 5.74) is 3.53. The molecule has 2 N–H and O–H groups in total. The largest absolute Gasteiger partial charge is 0.423 e. The number of hydrogen-bond donors (Lipinski definition) is 2. The first-order chi connectivity index (χ1) is 15.6. The predicted octanol–water partition coefficient (Wildman–Crippen LogP) is 2.99. The van der Waals surface area contributed by atoms with Crippen LogP contribution in [0.15, 0.2) is 64.2 Å². The third-order valence-electron chi connectivity index (χ3n) is 4.74. The van der Waals surface area contributed by atoms with E-state index in [4.69, 9.17) is 4.42 Å².